The SMILES string of the molecule is CCCN(CC(=O)Nc1ccc(Cl)cc1)C(=O)C1CCCNC1.Cl. The molecule has 0 spiro atoms. The maximum absolute atomic E-state index is 12.6. The Morgan fingerprint density at radius 1 is 1.33 bits per heavy atom. The van der Waals surface area contributed by atoms with Crippen LogP contribution in [0.5, 0.6) is 0 Å². The van der Waals surface area contributed by atoms with E-state index in [-0.39, 0.29) is 36.7 Å². The van der Waals surface area contributed by atoms with Crippen LogP contribution >= 0.6 is 24.0 Å². The van der Waals surface area contributed by atoms with Crippen molar-refractivity contribution in [2.45, 2.75) is 26.2 Å². The van der Waals surface area contributed by atoms with Crippen molar-refractivity contribution in [1.82, 2.24) is 10.2 Å². The molecule has 0 aliphatic carbocycles. The fourth-order valence-corrected chi connectivity index (χ4v) is 2.89. The minimum atomic E-state index is -0.183. The highest BCUT2D eigenvalue weighted by Crippen LogP contribution is 2.15. The van der Waals surface area contributed by atoms with Crippen LogP contribution in [0, 0.1) is 5.92 Å². The summed E-state index contributed by atoms with van der Waals surface area (Å²) in [7, 11) is 0. The first kappa shape index (κ1) is 20.7. The largest absolute Gasteiger partial charge is 0.333 e. The van der Waals surface area contributed by atoms with E-state index in [4.69, 9.17) is 11.6 Å². The average Bonchev–Trinajstić information content (AvgIpc) is 2.57. The Hall–Kier alpha value is -1.30. The molecule has 0 radical (unpaired) electrons. The van der Waals surface area contributed by atoms with E-state index in [1.165, 1.54) is 0 Å². The molecular weight excluding hydrogens is 349 g/mol. The van der Waals surface area contributed by atoms with Crippen LogP contribution in [-0.2, 0) is 9.59 Å². The van der Waals surface area contributed by atoms with Crippen LogP contribution in [-0.4, -0.2) is 42.9 Å². The lowest BCUT2D eigenvalue weighted by Gasteiger charge is -2.29. The molecule has 2 N–H and O–H groups in total. The highest BCUT2D eigenvalue weighted by molar-refractivity contribution is 6.30. The Kier molecular flexibility index (Phi) is 9.11. The van der Waals surface area contributed by atoms with E-state index in [9.17, 15) is 9.59 Å². The first-order chi connectivity index (χ1) is 11.1. The van der Waals surface area contributed by atoms with Crippen molar-refractivity contribution in [3.8, 4) is 0 Å². The number of halogens is 2. The number of amides is 2. The molecule has 1 aromatic rings. The first-order valence-corrected chi connectivity index (χ1v) is 8.53. The second-order valence-corrected chi connectivity index (χ2v) is 6.29. The molecule has 1 heterocycles. The van der Waals surface area contributed by atoms with Crippen molar-refractivity contribution < 1.29 is 9.59 Å². The van der Waals surface area contributed by atoms with Crippen LogP contribution in [0.2, 0.25) is 5.02 Å². The zero-order chi connectivity index (χ0) is 16.7. The molecule has 2 amide bonds. The summed E-state index contributed by atoms with van der Waals surface area (Å²) >= 11 is 5.83. The van der Waals surface area contributed by atoms with E-state index in [1.807, 2.05) is 6.92 Å². The fraction of sp³-hybridized carbons (Fsp3) is 0.529. The van der Waals surface area contributed by atoms with E-state index in [0.717, 1.165) is 25.8 Å². The van der Waals surface area contributed by atoms with Crippen LogP contribution in [0.1, 0.15) is 26.2 Å². The second kappa shape index (κ2) is 10.5. The topological polar surface area (TPSA) is 61.4 Å². The zero-order valence-electron chi connectivity index (χ0n) is 13.9. The highest BCUT2D eigenvalue weighted by Gasteiger charge is 2.26. The Balaban J connectivity index is 0.00000288. The third kappa shape index (κ3) is 6.30. The first-order valence-electron chi connectivity index (χ1n) is 8.15. The van der Waals surface area contributed by atoms with Gasteiger partial charge in [0.25, 0.3) is 0 Å². The van der Waals surface area contributed by atoms with E-state index < -0.39 is 0 Å². The molecule has 134 valence electrons. The number of benzene rings is 1. The third-order valence-electron chi connectivity index (χ3n) is 3.91. The Morgan fingerprint density at radius 3 is 2.62 bits per heavy atom. The Morgan fingerprint density at radius 2 is 2.04 bits per heavy atom. The quantitative estimate of drug-likeness (QED) is 0.805. The molecule has 1 aliphatic rings. The lowest BCUT2D eigenvalue weighted by atomic mass is 9.98. The highest BCUT2D eigenvalue weighted by atomic mass is 35.5. The summed E-state index contributed by atoms with van der Waals surface area (Å²) in [5.41, 5.74) is 0.683. The van der Waals surface area contributed by atoms with Gasteiger partial charge >= 0.3 is 0 Å². The molecule has 2 rings (SSSR count). The molecule has 0 aromatic heterocycles. The van der Waals surface area contributed by atoms with Gasteiger partial charge in [0, 0.05) is 23.8 Å². The van der Waals surface area contributed by atoms with Gasteiger partial charge in [-0.25, -0.2) is 0 Å². The molecule has 1 atom stereocenters. The summed E-state index contributed by atoms with van der Waals surface area (Å²) in [5.74, 6) is -0.123. The van der Waals surface area contributed by atoms with Crippen molar-refractivity contribution in [3.63, 3.8) is 0 Å². The number of rotatable bonds is 6. The summed E-state index contributed by atoms with van der Waals surface area (Å²) in [4.78, 5) is 26.5. The van der Waals surface area contributed by atoms with Gasteiger partial charge in [0.05, 0.1) is 12.5 Å². The molecule has 0 bridgehead atoms. The van der Waals surface area contributed by atoms with Gasteiger partial charge in [0.2, 0.25) is 11.8 Å². The maximum atomic E-state index is 12.6. The van der Waals surface area contributed by atoms with Crippen molar-refractivity contribution in [2.75, 3.05) is 31.5 Å². The summed E-state index contributed by atoms with van der Waals surface area (Å²) in [6, 6.07) is 6.94. The van der Waals surface area contributed by atoms with Crippen molar-refractivity contribution in [2.24, 2.45) is 5.92 Å². The number of nitrogens with one attached hydrogen (secondary N) is 2. The Bertz CT molecular complexity index is 531. The van der Waals surface area contributed by atoms with Crippen molar-refractivity contribution in [1.29, 1.82) is 0 Å². The summed E-state index contributed by atoms with van der Waals surface area (Å²) in [6.07, 6.45) is 2.73. The summed E-state index contributed by atoms with van der Waals surface area (Å²) in [6.45, 7) is 4.37. The second-order valence-electron chi connectivity index (χ2n) is 5.86. The smallest absolute Gasteiger partial charge is 0.243 e. The number of carbonyl (C=O) groups is 2. The number of hydrogen-bond acceptors (Lipinski definition) is 3. The molecule has 7 heteroatoms. The number of piperidine rings is 1. The van der Waals surface area contributed by atoms with Gasteiger partial charge in [0.1, 0.15) is 0 Å². The van der Waals surface area contributed by atoms with Gasteiger partial charge in [-0.2, -0.15) is 0 Å². The lowest BCUT2D eigenvalue weighted by molar-refractivity contribution is -0.138. The molecule has 1 saturated heterocycles. The van der Waals surface area contributed by atoms with Crippen LogP contribution in [0.15, 0.2) is 24.3 Å². The molecule has 1 unspecified atom stereocenters. The minimum Gasteiger partial charge on any atom is -0.333 e. The number of nitrogens with zero attached hydrogens (tertiary/aromatic N) is 1. The van der Waals surface area contributed by atoms with E-state index in [2.05, 4.69) is 10.6 Å². The molecule has 5 nitrogen and oxygen atoms in total. The molecule has 1 aromatic carbocycles. The van der Waals surface area contributed by atoms with Gasteiger partial charge < -0.3 is 15.5 Å². The van der Waals surface area contributed by atoms with E-state index in [1.54, 1.807) is 29.2 Å². The third-order valence-corrected chi connectivity index (χ3v) is 4.17. The van der Waals surface area contributed by atoms with Gasteiger partial charge in [-0.3, -0.25) is 9.59 Å². The predicted octanol–water partition coefficient (Wildman–Crippen LogP) is 2.94. The van der Waals surface area contributed by atoms with Crippen LogP contribution in [0.4, 0.5) is 5.69 Å². The number of carbonyl (C=O) groups excluding carboxylic acids is 2. The van der Waals surface area contributed by atoms with Crippen molar-refractivity contribution in [3.05, 3.63) is 29.3 Å². The van der Waals surface area contributed by atoms with E-state index in [0.29, 0.717) is 23.8 Å². The summed E-state index contributed by atoms with van der Waals surface area (Å²) in [5, 5.41) is 6.68. The van der Waals surface area contributed by atoms with Gasteiger partial charge in [-0.1, -0.05) is 18.5 Å². The molecule has 1 aliphatic heterocycles. The maximum Gasteiger partial charge on any atom is 0.243 e. The minimum absolute atomic E-state index is 0. The average molecular weight is 374 g/mol. The molecular formula is C17H25Cl2N3O2. The van der Waals surface area contributed by atoms with Gasteiger partial charge in [-0.05, 0) is 50.1 Å². The monoisotopic (exact) mass is 373 g/mol. The lowest BCUT2D eigenvalue weighted by Crippen LogP contribution is -2.46. The van der Waals surface area contributed by atoms with Crippen molar-refractivity contribution >= 4 is 41.5 Å². The Labute approximate surface area is 154 Å². The van der Waals surface area contributed by atoms with E-state index >= 15 is 0 Å². The summed E-state index contributed by atoms with van der Waals surface area (Å²) < 4.78 is 0. The van der Waals surface area contributed by atoms with Crippen LogP contribution < -0.4 is 10.6 Å². The number of anilines is 1. The molecule has 24 heavy (non-hydrogen) atoms. The predicted molar refractivity (Wildman–Crippen MR) is 99.8 cm³/mol. The van der Waals surface area contributed by atoms with Gasteiger partial charge in [-0.15, -0.1) is 12.4 Å². The van der Waals surface area contributed by atoms with Gasteiger partial charge in [0.15, 0.2) is 0 Å². The molecule has 1 fully saturated rings. The standard InChI is InChI=1S/C17H24ClN3O2.ClH/c1-2-10-21(17(23)13-4-3-9-19-11-13)12-16(22)20-15-7-5-14(18)6-8-15;/h5-8,13,19H,2-4,9-12H2,1H3,(H,20,22);1H. The zero-order valence-corrected chi connectivity index (χ0v) is 15.5. The van der Waals surface area contributed by atoms with Crippen LogP contribution in [0.25, 0.3) is 0 Å². The van der Waals surface area contributed by atoms with Crippen LogP contribution in [0.3, 0.4) is 0 Å². The molecule has 0 saturated carbocycles. The normalized spacial score (nSPS) is 16.8. The number of hydrogen-bond donors (Lipinski definition) is 2. The fourth-order valence-electron chi connectivity index (χ4n) is 2.76.